The number of thiophene rings is 1. The summed E-state index contributed by atoms with van der Waals surface area (Å²) in [6.07, 6.45) is 11.7. The lowest BCUT2D eigenvalue weighted by Crippen LogP contribution is -2.58. The van der Waals surface area contributed by atoms with Crippen LogP contribution in [0.1, 0.15) is 203 Å². The smallest absolute Gasteiger partial charge is 0.349 e. The number of rotatable bonds is 21. The zero-order valence-electron chi connectivity index (χ0n) is 78.4. The molecule has 4 aliphatic rings. The Morgan fingerprint density at radius 2 is 0.809 bits per heavy atom. The minimum Gasteiger partial charge on any atom is -0.349 e. The summed E-state index contributed by atoms with van der Waals surface area (Å²) in [6.45, 7) is 55.3. The first-order chi connectivity index (χ1) is 62.5. The van der Waals surface area contributed by atoms with E-state index in [1.54, 1.807) is 42.3 Å². The Bertz CT molecular complexity index is 6630. The molecule has 3 aliphatic heterocycles. The number of hydrogen-bond acceptors (Lipinski definition) is 20. The van der Waals surface area contributed by atoms with Crippen molar-refractivity contribution in [2.75, 3.05) is 67.1 Å². The van der Waals surface area contributed by atoms with Crippen LogP contribution < -0.4 is 31.8 Å². The van der Waals surface area contributed by atoms with Crippen LogP contribution in [0.4, 0.5) is 17.5 Å². The number of benzene rings is 2. The number of anilines is 3. The van der Waals surface area contributed by atoms with Crippen molar-refractivity contribution in [2.45, 2.75) is 217 Å². The minimum atomic E-state index is -0.437. The fourth-order valence-electron chi connectivity index (χ4n) is 18.6. The average molecular weight is 1840 g/mol. The molecular formula is C102H118Cl3N19O6S. The third-order valence-corrected chi connectivity index (χ3v) is 27.4. The van der Waals surface area contributed by atoms with Crippen molar-refractivity contribution in [3.8, 4) is 50.8 Å². The van der Waals surface area contributed by atoms with Gasteiger partial charge in [0, 0.05) is 122 Å². The summed E-state index contributed by atoms with van der Waals surface area (Å²) >= 11 is 22.8. The van der Waals surface area contributed by atoms with Gasteiger partial charge < -0.3 is 29.4 Å². The van der Waals surface area contributed by atoms with Crippen LogP contribution in [0.25, 0.3) is 83.9 Å². The van der Waals surface area contributed by atoms with E-state index < -0.39 is 17.1 Å². The number of halogens is 3. The first kappa shape index (κ1) is 95.4. The topological polar surface area (TPSA) is 256 Å². The lowest BCUT2D eigenvalue weighted by atomic mass is 9.95. The van der Waals surface area contributed by atoms with Gasteiger partial charge in [0.2, 0.25) is 17.7 Å². The van der Waals surface area contributed by atoms with E-state index in [4.69, 9.17) is 64.7 Å². The molecule has 131 heavy (non-hydrogen) atoms. The van der Waals surface area contributed by atoms with Crippen LogP contribution in [0.15, 0.2) is 167 Å². The van der Waals surface area contributed by atoms with Crippen LogP contribution in [-0.4, -0.2) is 184 Å². The molecule has 0 N–H and O–H groups in total. The van der Waals surface area contributed by atoms with Gasteiger partial charge in [-0.3, -0.25) is 34.2 Å². The molecule has 3 amide bonds. The van der Waals surface area contributed by atoms with Gasteiger partial charge in [-0.05, 0) is 212 Å². The van der Waals surface area contributed by atoms with Crippen LogP contribution >= 0.6 is 46.1 Å². The molecule has 0 bridgehead atoms. The number of carbonyl (C=O) groups excluding carboxylic acids is 3. The van der Waals surface area contributed by atoms with E-state index in [1.165, 1.54) is 23.8 Å². The van der Waals surface area contributed by atoms with E-state index in [0.29, 0.717) is 151 Å². The van der Waals surface area contributed by atoms with Crippen molar-refractivity contribution in [1.82, 2.24) is 78.2 Å². The molecular weight excluding hydrogens is 1730 g/mol. The van der Waals surface area contributed by atoms with Crippen molar-refractivity contribution in [1.29, 1.82) is 0 Å². The average Bonchev–Trinajstić information content (AvgIpc) is 1.59. The van der Waals surface area contributed by atoms with Crippen LogP contribution in [0.3, 0.4) is 0 Å². The normalized spacial score (nSPS) is 17.7. The summed E-state index contributed by atoms with van der Waals surface area (Å²) in [4.78, 5) is 139. The van der Waals surface area contributed by atoms with Crippen molar-refractivity contribution in [3.05, 3.63) is 249 Å². The Balaban J connectivity index is 0.000000159. The fraction of sp³-hybridized carbons (Fsp3) is 0.402. The number of fused-ring (bicyclic) bond motifs is 3. The van der Waals surface area contributed by atoms with Gasteiger partial charge in [0.05, 0.1) is 82.5 Å². The van der Waals surface area contributed by atoms with Gasteiger partial charge in [-0.25, -0.2) is 43.0 Å². The highest BCUT2D eigenvalue weighted by atomic mass is 35.5. The molecule has 0 spiro atoms. The van der Waals surface area contributed by atoms with Gasteiger partial charge in [0.1, 0.15) is 17.5 Å². The zero-order chi connectivity index (χ0) is 94.3. The monoisotopic (exact) mass is 1840 g/mol. The summed E-state index contributed by atoms with van der Waals surface area (Å²) < 4.78 is 4.86. The molecule has 0 radical (unpaired) electrons. The van der Waals surface area contributed by atoms with Gasteiger partial charge in [0.15, 0.2) is 16.9 Å². The molecule has 1 aliphatic carbocycles. The molecule has 29 heteroatoms. The number of carbonyl (C=O) groups is 3. The molecule has 1 saturated carbocycles. The van der Waals surface area contributed by atoms with Crippen LogP contribution in [-0.2, 0) is 20.9 Å². The van der Waals surface area contributed by atoms with Crippen LogP contribution in [0.2, 0.25) is 15.1 Å². The standard InChI is InChI=1S/C38H48ClN7O2.C34H37ClN6O2.C30H33ClN6O2S/c1-10-32(47)44-20-26(9)45(21-25(44)8)36-30-19-31(39)34(29-16-14-13-15-28(29)23(4)5)41-37(30)46(38(48)42-36)35-27(22-43(11-2)12-3)17-18-40-33(35)24(6)7;1-7-28(42)39-17-22(6)40(18-21(39)5)32-26-16-27(35)30(25-11-9-8-10-24(25)23-12-13-23)37-33(26)41(34(43)38-32)31-20(4)14-15-36-29(31)19(2)3;1-8-24(38)35-14-19(6)36(15-18(35)5)28-22-13-23(31)26(21-10-12-40-20(21)7)33-29(22)37(30(39)34-28)27-17(4)9-11-32-25(27)16(2)3/h10,13-19,23-26H,1,11-12,20-22H2,2-9H3;7-11,14-16,19,21-23H,1,12-13,17-18H2,2-6H3;8-13,16,18-19H,1,14-15H2,2-7H3. The molecule has 2 aromatic carbocycles. The highest BCUT2D eigenvalue weighted by molar-refractivity contribution is 7.10. The summed E-state index contributed by atoms with van der Waals surface area (Å²) in [7, 11) is 0. The predicted molar refractivity (Wildman–Crippen MR) is 532 cm³/mol. The fourth-order valence-corrected chi connectivity index (χ4v) is 20.0. The van der Waals surface area contributed by atoms with E-state index in [2.05, 4.69) is 148 Å². The number of aryl methyl sites for hydroxylation is 3. The molecule has 10 aromatic heterocycles. The largest absolute Gasteiger partial charge is 0.355 e. The van der Waals surface area contributed by atoms with Crippen molar-refractivity contribution >= 4 is 114 Å². The SMILES string of the molecule is C=CC(=O)N1CC(C)N(c2nc(=O)n(-c3c(C)ccnc3C(C)C)c3nc(-c4ccccc4C4CC4)c(Cl)cc23)CC1C.C=CC(=O)N1CC(C)N(c2nc(=O)n(-c3c(C)ccnc3C(C)C)c3nc(-c4ccsc4C)c(Cl)cc23)CC1C.C=CC(=O)N1CC(C)N(c2nc(=O)n(-c3c(CN(CC)CC)ccnc3C(C)C)c3nc(-c4ccccc4C(C)C)c(Cl)cc23)CC1C. The quantitative estimate of drug-likeness (QED) is 0.0606. The molecule has 25 nitrogen and oxygen atoms in total. The second-order valence-corrected chi connectivity index (χ2v) is 38.6. The van der Waals surface area contributed by atoms with Gasteiger partial charge in [0.25, 0.3) is 0 Å². The first-order valence-electron chi connectivity index (χ1n) is 45.4. The van der Waals surface area contributed by atoms with Crippen molar-refractivity contribution < 1.29 is 14.4 Å². The molecule has 6 atom stereocenters. The maximum absolute atomic E-state index is 14.6. The Morgan fingerprint density at radius 3 is 1.18 bits per heavy atom. The van der Waals surface area contributed by atoms with Crippen molar-refractivity contribution in [2.24, 2.45) is 0 Å². The lowest BCUT2D eigenvalue weighted by Gasteiger charge is -2.44. The Morgan fingerprint density at radius 1 is 0.450 bits per heavy atom. The first-order valence-corrected chi connectivity index (χ1v) is 47.4. The predicted octanol–water partition coefficient (Wildman–Crippen LogP) is 19.5. The van der Waals surface area contributed by atoms with E-state index in [-0.39, 0.29) is 77.6 Å². The second-order valence-electron chi connectivity index (χ2n) is 36.2. The number of aromatic nitrogens is 12. The molecule has 3 saturated heterocycles. The molecule has 6 unspecified atom stereocenters. The van der Waals surface area contributed by atoms with E-state index in [0.717, 1.165) is 86.8 Å². The molecule has 684 valence electrons. The number of nitrogens with zero attached hydrogens (tertiary/aromatic N) is 19. The number of hydrogen-bond donors (Lipinski definition) is 0. The van der Waals surface area contributed by atoms with Gasteiger partial charge in [-0.15, -0.1) is 11.3 Å². The second kappa shape index (κ2) is 39.8. The summed E-state index contributed by atoms with van der Waals surface area (Å²) in [5.74, 6) is 2.09. The van der Waals surface area contributed by atoms with E-state index in [9.17, 15) is 28.8 Å². The summed E-state index contributed by atoms with van der Waals surface area (Å²) in [5.41, 5.74) is 14.5. The molecule has 13 heterocycles. The Labute approximate surface area is 785 Å². The zero-order valence-corrected chi connectivity index (χ0v) is 81.5. The van der Waals surface area contributed by atoms with Crippen molar-refractivity contribution in [3.63, 3.8) is 0 Å². The third kappa shape index (κ3) is 18.9. The molecule has 16 rings (SSSR count). The summed E-state index contributed by atoms with van der Waals surface area (Å²) in [6, 6.07) is 29.2. The van der Waals surface area contributed by atoms with Crippen LogP contribution in [0, 0.1) is 20.8 Å². The highest BCUT2D eigenvalue weighted by Gasteiger charge is 2.40. The van der Waals surface area contributed by atoms with Gasteiger partial charge in [-0.1, -0.05) is 172 Å². The number of pyridine rings is 6. The maximum atomic E-state index is 14.6. The lowest BCUT2D eigenvalue weighted by molar-refractivity contribution is -0.129. The third-order valence-electron chi connectivity index (χ3n) is 25.7. The van der Waals surface area contributed by atoms with Gasteiger partial charge in [-0.2, -0.15) is 15.0 Å². The number of piperazine rings is 3. The Kier molecular flexibility index (Phi) is 29.0. The van der Waals surface area contributed by atoms with Gasteiger partial charge >= 0.3 is 17.1 Å². The minimum absolute atomic E-state index is 0.0306. The maximum Gasteiger partial charge on any atom is 0.355 e. The highest BCUT2D eigenvalue weighted by Crippen LogP contribution is 2.48. The Hall–Kier alpha value is -11.7. The molecule has 12 aromatic rings. The van der Waals surface area contributed by atoms with E-state index >= 15 is 0 Å². The summed E-state index contributed by atoms with van der Waals surface area (Å²) in [5, 5.41) is 5.48. The molecule has 4 fully saturated rings. The number of amides is 3. The van der Waals surface area contributed by atoms with E-state index in [1.807, 2.05) is 150 Å². The van der Waals surface area contributed by atoms with Crippen LogP contribution in [0.5, 0.6) is 0 Å².